The van der Waals surface area contributed by atoms with E-state index in [0.717, 1.165) is 50.4 Å². The highest BCUT2D eigenvalue weighted by atomic mass is 32.2. The van der Waals surface area contributed by atoms with Gasteiger partial charge in [0.25, 0.3) is 20.2 Å². The van der Waals surface area contributed by atoms with Crippen molar-refractivity contribution in [2.24, 2.45) is 105 Å². The third-order valence-corrected chi connectivity index (χ3v) is 25.1. The highest BCUT2D eigenvalue weighted by Crippen LogP contribution is 2.71. The van der Waals surface area contributed by atoms with E-state index in [2.05, 4.69) is 46.9 Å². The van der Waals surface area contributed by atoms with Crippen LogP contribution in [-0.2, 0) is 29.8 Å². The molecule has 69 heavy (non-hydrogen) atoms. The molecule has 13 heteroatoms. The van der Waals surface area contributed by atoms with Crippen LogP contribution in [0.3, 0.4) is 0 Å². The van der Waals surface area contributed by atoms with Crippen LogP contribution < -0.4 is 5.32 Å². The second-order valence-electron chi connectivity index (χ2n) is 26.9. The molecule has 0 aromatic heterocycles. The van der Waals surface area contributed by atoms with Gasteiger partial charge in [-0.15, -0.1) is 0 Å². The van der Waals surface area contributed by atoms with Gasteiger partial charge in [-0.05, 0) is 227 Å². The fraction of sp³-hybridized carbons (Fsp3) is 0.964. The molecule has 0 radical (unpaired) electrons. The van der Waals surface area contributed by atoms with Crippen molar-refractivity contribution in [3.05, 3.63) is 0 Å². The number of Topliss-reactive ketones (excluding diaryl/α,β-unsaturated/α-hetero) is 1. The Morgan fingerprint density at radius 1 is 0.551 bits per heavy atom. The first-order chi connectivity index (χ1) is 32.4. The van der Waals surface area contributed by atoms with Crippen molar-refractivity contribution in [1.82, 2.24) is 5.32 Å². The van der Waals surface area contributed by atoms with Crippen molar-refractivity contribution >= 4 is 31.9 Å². The van der Waals surface area contributed by atoms with Gasteiger partial charge in [0.15, 0.2) is 0 Å². The van der Waals surface area contributed by atoms with Crippen molar-refractivity contribution < 1.29 is 45.7 Å². The van der Waals surface area contributed by atoms with Gasteiger partial charge < -0.3 is 15.5 Å². The van der Waals surface area contributed by atoms with Gasteiger partial charge in [0.05, 0.1) is 23.7 Å². The van der Waals surface area contributed by atoms with Crippen LogP contribution in [0.1, 0.15) is 202 Å². The van der Waals surface area contributed by atoms with Crippen LogP contribution >= 0.6 is 0 Å². The van der Waals surface area contributed by atoms with Crippen molar-refractivity contribution in [2.75, 3.05) is 18.1 Å². The lowest BCUT2D eigenvalue weighted by molar-refractivity contribution is -0.170. The zero-order valence-electron chi connectivity index (χ0n) is 43.6. The summed E-state index contributed by atoms with van der Waals surface area (Å²) >= 11 is 0. The largest absolute Gasteiger partial charge is 0.393 e. The average Bonchev–Trinajstić information content (AvgIpc) is 3.81. The van der Waals surface area contributed by atoms with Crippen LogP contribution in [0.4, 0.5) is 0 Å². The minimum atomic E-state index is -4.10. The highest BCUT2D eigenvalue weighted by molar-refractivity contribution is 7.86. The van der Waals surface area contributed by atoms with Crippen LogP contribution in [0.2, 0.25) is 0 Å². The molecule has 0 saturated heterocycles. The molecule has 0 heterocycles. The maximum absolute atomic E-state index is 12.6. The monoisotopic (exact) mass is 1010 g/mol. The van der Waals surface area contributed by atoms with Crippen molar-refractivity contribution in [1.29, 1.82) is 0 Å². The maximum atomic E-state index is 12.6. The van der Waals surface area contributed by atoms with Gasteiger partial charge in [-0.2, -0.15) is 16.8 Å². The molecule has 5 N–H and O–H groups in total. The number of hydrogen-bond acceptors (Lipinski definition) is 8. The average molecular weight is 1010 g/mol. The zero-order chi connectivity index (χ0) is 49.9. The molecule has 8 fully saturated rings. The Balaban J connectivity index is 0.786. The van der Waals surface area contributed by atoms with E-state index in [1.807, 2.05) is 0 Å². The van der Waals surface area contributed by atoms with E-state index in [-0.39, 0.29) is 59.9 Å². The van der Waals surface area contributed by atoms with Crippen LogP contribution in [0, 0.1) is 105 Å². The Kier molecular flexibility index (Phi) is 16.4. The molecule has 11 nitrogen and oxygen atoms in total. The predicted octanol–water partition coefficient (Wildman–Crippen LogP) is 10.7. The number of aliphatic hydroxyl groups excluding tert-OH is 2. The Morgan fingerprint density at radius 2 is 0.986 bits per heavy atom. The standard InChI is InChI=1S/C56H95NO10S2/c1-35(12-14-41(58)11-8-29-68(62,63)64)42-15-17-44-51-46(22-26-55(42,44)5)53(3)24-20-37(31-39(53)33-48(51)59)9-7-10-38-21-25-54(4)40(32-38)34-49(60)52-45-18-16-43(56(45,6)27-23-47(52)54)36(2)13-19-50(61)57-28-30-69(65,66)67/h35-40,42-49,51-52,59-60H,7-34H2,1-6H3,(H,57,61)(H,62,63,64)(H,65,66,67)/t35-,36-,37?,38?,39?,40?,42+,43+,44-,45+,46-,47+,48-,49+,51-,52+,53-,54+,55+,56-/m0/s1. The number of aliphatic hydroxyl groups is 2. The van der Waals surface area contributed by atoms with Gasteiger partial charge >= 0.3 is 0 Å². The first-order valence-corrected chi connectivity index (χ1v) is 31.6. The van der Waals surface area contributed by atoms with Crippen molar-refractivity contribution in [2.45, 2.75) is 214 Å². The minimum absolute atomic E-state index is 0.0686. The topological polar surface area (TPSA) is 195 Å². The number of rotatable bonds is 19. The Morgan fingerprint density at radius 3 is 1.45 bits per heavy atom. The van der Waals surface area contributed by atoms with Crippen molar-refractivity contribution in [3.8, 4) is 0 Å². The fourth-order valence-electron chi connectivity index (χ4n) is 19.9. The van der Waals surface area contributed by atoms with Gasteiger partial charge in [0, 0.05) is 25.8 Å². The summed E-state index contributed by atoms with van der Waals surface area (Å²) in [7, 11) is -8.13. The summed E-state index contributed by atoms with van der Waals surface area (Å²) in [6.45, 7) is 14.7. The summed E-state index contributed by atoms with van der Waals surface area (Å²) in [5, 5.41) is 26.9. The third kappa shape index (κ3) is 11.2. The molecule has 0 aliphatic heterocycles. The van der Waals surface area contributed by atoms with Gasteiger partial charge in [0.1, 0.15) is 5.78 Å². The van der Waals surface area contributed by atoms with E-state index in [1.165, 1.54) is 96.3 Å². The molecular weight excluding hydrogens is 911 g/mol. The fourth-order valence-corrected chi connectivity index (χ4v) is 20.8. The molecule has 8 saturated carbocycles. The highest BCUT2D eigenvalue weighted by Gasteiger charge is 2.65. The lowest BCUT2D eigenvalue weighted by Crippen LogP contribution is -2.58. The van der Waals surface area contributed by atoms with E-state index < -0.39 is 26.0 Å². The molecule has 0 spiro atoms. The van der Waals surface area contributed by atoms with Crippen molar-refractivity contribution in [3.63, 3.8) is 0 Å². The molecular formula is C56H95NO10S2. The molecule has 0 bridgehead atoms. The number of fused-ring (bicyclic) bond motifs is 10. The molecule has 8 rings (SSSR count). The summed E-state index contributed by atoms with van der Waals surface area (Å²) < 4.78 is 62.4. The third-order valence-electron chi connectivity index (χ3n) is 23.6. The van der Waals surface area contributed by atoms with E-state index in [0.29, 0.717) is 94.7 Å². The number of nitrogens with one attached hydrogen (secondary N) is 1. The molecule has 4 unspecified atom stereocenters. The SMILES string of the molecule is C[C@@H](CCC(=O)NCCS(=O)(=O)O)[C@H]1CC[C@@H]2[C@H]3[C@H](O)CC4CC(CCCC5CC[C@@]6(C)C(C5)C[C@H](O)[C@H]5[C@@H]7CC[C@H]([C@@H](C)CCC(=O)CCCS(=O)(=O)O)[C@@]7(C)CC[C@@H]56)CC[C@@]4(C)[C@@H]3CC[C@]21C. The van der Waals surface area contributed by atoms with Crippen LogP contribution in [0.15, 0.2) is 0 Å². The Labute approximate surface area is 417 Å². The van der Waals surface area contributed by atoms with Gasteiger partial charge in [-0.3, -0.25) is 18.7 Å². The van der Waals surface area contributed by atoms with Crippen LogP contribution in [0.5, 0.6) is 0 Å². The number of carbonyl (C=O) groups excluding carboxylic acids is 2. The molecule has 8 aliphatic carbocycles. The van der Waals surface area contributed by atoms with E-state index in [9.17, 15) is 36.6 Å². The normalized spacial score (nSPS) is 44.9. The Bertz CT molecular complexity index is 1910. The van der Waals surface area contributed by atoms with Gasteiger partial charge in [-0.25, -0.2) is 0 Å². The summed E-state index contributed by atoms with van der Waals surface area (Å²) in [5.41, 5.74) is 0.953. The van der Waals surface area contributed by atoms with Gasteiger partial charge in [0.2, 0.25) is 5.91 Å². The number of hydrogen-bond donors (Lipinski definition) is 5. The number of amides is 1. The van der Waals surface area contributed by atoms with Crippen LogP contribution in [-0.4, -0.2) is 78.1 Å². The van der Waals surface area contributed by atoms with E-state index in [1.54, 1.807) is 0 Å². The second kappa shape index (κ2) is 20.9. The first kappa shape index (κ1) is 54.2. The number of carbonyl (C=O) groups is 2. The van der Waals surface area contributed by atoms with E-state index in [4.69, 9.17) is 9.11 Å². The molecule has 0 aromatic carbocycles. The summed E-state index contributed by atoms with van der Waals surface area (Å²) in [5.74, 6) is 6.60. The lowest BCUT2D eigenvalue weighted by atomic mass is 9.43. The molecule has 1 amide bonds. The summed E-state index contributed by atoms with van der Waals surface area (Å²) in [6, 6.07) is 0. The lowest BCUT2D eigenvalue weighted by Gasteiger charge is -2.63. The number of ketones is 1. The molecule has 0 aromatic rings. The zero-order valence-corrected chi connectivity index (χ0v) is 45.2. The summed E-state index contributed by atoms with van der Waals surface area (Å²) in [6.07, 6.45) is 25.4. The smallest absolute Gasteiger partial charge is 0.266 e. The molecule has 396 valence electrons. The predicted molar refractivity (Wildman–Crippen MR) is 271 cm³/mol. The second-order valence-corrected chi connectivity index (χ2v) is 30.0. The Hall–Kier alpha value is -1.12. The van der Waals surface area contributed by atoms with E-state index >= 15 is 0 Å². The molecule has 8 aliphatic rings. The first-order valence-electron chi connectivity index (χ1n) is 28.4. The maximum Gasteiger partial charge on any atom is 0.266 e. The van der Waals surface area contributed by atoms with Gasteiger partial charge in [-0.1, -0.05) is 60.8 Å². The molecule has 20 atom stereocenters. The quantitative estimate of drug-likeness (QED) is 0.0777. The van der Waals surface area contributed by atoms with Crippen LogP contribution in [0.25, 0.3) is 0 Å². The minimum Gasteiger partial charge on any atom is -0.393 e. The summed E-state index contributed by atoms with van der Waals surface area (Å²) in [4.78, 5) is 25.2.